The molecule has 0 bridgehead atoms. The normalized spacial score (nSPS) is 18.1. The summed E-state index contributed by atoms with van der Waals surface area (Å²) in [5, 5.41) is 2.95. The van der Waals surface area contributed by atoms with E-state index in [2.05, 4.69) is 15.1 Å². The van der Waals surface area contributed by atoms with E-state index >= 15 is 0 Å². The Labute approximate surface area is 228 Å². The zero-order valence-electron chi connectivity index (χ0n) is 23.4. The van der Waals surface area contributed by atoms with Crippen molar-refractivity contribution in [2.24, 2.45) is 11.7 Å². The zero-order chi connectivity index (χ0) is 27.6. The summed E-state index contributed by atoms with van der Waals surface area (Å²) < 4.78 is 10.6. The summed E-state index contributed by atoms with van der Waals surface area (Å²) in [6.07, 6.45) is 3.73. The molecule has 3 N–H and O–H groups in total. The molecule has 3 rings (SSSR count). The summed E-state index contributed by atoms with van der Waals surface area (Å²) in [6, 6.07) is 8.66. The third-order valence-corrected chi connectivity index (χ3v) is 7.14. The van der Waals surface area contributed by atoms with E-state index in [9.17, 15) is 14.4 Å². The van der Waals surface area contributed by atoms with Gasteiger partial charge in [0.2, 0.25) is 0 Å². The summed E-state index contributed by atoms with van der Waals surface area (Å²) >= 11 is 0. The zero-order valence-corrected chi connectivity index (χ0v) is 23.4. The summed E-state index contributed by atoms with van der Waals surface area (Å²) in [5.41, 5.74) is 5.80. The van der Waals surface area contributed by atoms with E-state index < -0.39 is 6.04 Å². The largest absolute Gasteiger partial charge is 0.379 e. The van der Waals surface area contributed by atoms with Gasteiger partial charge in [-0.1, -0.05) is 38.5 Å². The maximum Gasteiger partial charge on any atom is 0.251 e. The molecule has 214 valence electrons. The van der Waals surface area contributed by atoms with Crippen molar-refractivity contribution in [3.8, 4) is 0 Å². The fourth-order valence-corrected chi connectivity index (χ4v) is 4.47. The van der Waals surface area contributed by atoms with Gasteiger partial charge in [-0.2, -0.15) is 0 Å². The highest BCUT2D eigenvalue weighted by atomic mass is 16.5. The molecular formula is C29H48N4O5. The molecule has 9 nitrogen and oxygen atoms in total. The molecule has 0 aliphatic carbocycles. The van der Waals surface area contributed by atoms with Crippen molar-refractivity contribution in [3.05, 3.63) is 35.9 Å². The van der Waals surface area contributed by atoms with Crippen LogP contribution in [0.4, 0.5) is 0 Å². The van der Waals surface area contributed by atoms with E-state index in [0.29, 0.717) is 18.4 Å². The minimum absolute atomic E-state index is 0.128. The molecular weight excluding hydrogens is 484 g/mol. The number of hydrogen-bond donors (Lipinski definition) is 2. The first kappa shape index (κ1) is 32.0. The van der Waals surface area contributed by atoms with Crippen molar-refractivity contribution >= 4 is 17.5 Å². The highest BCUT2D eigenvalue weighted by molar-refractivity contribution is 5.98. The van der Waals surface area contributed by atoms with Gasteiger partial charge >= 0.3 is 0 Å². The lowest BCUT2D eigenvalue weighted by molar-refractivity contribution is -0.122. The molecule has 1 amide bonds. The lowest BCUT2D eigenvalue weighted by atomic mass is 9.92. The minimum atomic E-state index is -0.414. The summed E-state index contributed by atoms with van der Waals surface area (Å²) in [4.78, 5) is 40.7. The molecule has 0 radical (unpaired) electrons. The second-order valence-corrected chi connectivity index (χ2v) is 10.0. The number of amides is 1. The van der Waals surface area contributed by atoms with Crippen LogP contribution >= 0.6 is 0 Å². The molecule has 2 unspecified atom stereocenters. The second kappa shape index (κ2) is 19.0. The van der Waals surface area contributed by atoms with Gasteiger partial charge in [0.1, 0.15) is 5.78 Å². The third kappa shape index (κ3) is 12.6. The lowest BCUT2D eigenvalue weighted by Crippen LogP contribution is -2.45. The van der Waals surface area contributed by atoms with Crippen molar-refractivity contribution in [1.82, 2.24) is 15.1 Å². The van der Waals surface area contributed by atoms with E-state index in [1.165, 1.54) is 0 Å². The molecule has 38 heavy (non-hydrogen) atoms. The van der Waals surface area contributed by atoms with Gasteiger partial charge < -0.3 is 20.5 Å². The van der Waals surface area contributed by atoms with Crippen LogP contribution < -0.4 is 11.1 Å². The maximum absolute atomic E-state index is 12.7. The number of morpholine rings is 2. The smallest absolute Gasteiger partial charge is 0.251 e. The second-order valence-electron chi connectivity index (χ2n) is 10.0. The third-order valence-electron chi connectivity index (χ3n) is 7.14. The quantitative estimate of drug-likeness (QED) is 0.375. The minimum Gasteiger partial charge on any atom is -0.379 e. The van der Waals surface area contributed by atoms with Crippen LogP contribution in [0.2, 0.25) is 0 Å². The fraction of sp³-hybridized carbons (Fsp3) is 0.690. The van der Waals surface area contributed by atoms with Crippen LogP contribution in [0, 0.1) is 5.92 Å². The molecule has 9 heteroatoms. The van der Waals surface area contributed by atoms with Gasteiger partial charge in [-0.3, -0.25) is 24.2 Å². The van der Waals surface area contributed by atoms with Crippen LogP contribution in [-0.2, 0) is 19.1 Å². The number of rotatable bonds is 14. The van der Waals surface area contributed by atoms with Crippen LogP contribution in [0.15, 0.2) is 30.3 Å². The van der Waals surface area contributed by atoms with E-state index in [1.54, 1.807) is 12.1 Å². The Bertz CT molecular complexity index is 810. The molecule has 2 atom stereocenters. The highest BCUT2D eigenvalue weighted by Crippen LogP contribution is 2.13. The van der Waals surface area contributed by atoms with Crippen molar-refractivity contribution in [2.45, 2.75) is 52.0 Å². The van der Waals surface area contributed by atoms with Gasteiger partial charge in [0.15, 0.2) is 5.78 Å². The van der Waals surface area contributed by atoms with Crippen LogP contribution in [0.3, 0.4) is 0 Å². The molecule has 2 aliphatic heterocycles. The Hall–Kier alpha value is -2.17. The van der Waals surface area contributed by atoms with E-state index in [0.717, 1.165) is 85.0 Å². The number of ether oxygens (including phenoxy) is 2. The molecule has 2 heterocycles. The van der Waals surface area contributed by atoms with Crippen molar-refractivity contribution in [3.63, 3.8) is 0 Å². The summed E-state index contributed by atoms with van der Waals surface area (Å²) in [7, 11) is 0. The van der Waals surface area contributed by atoms with Gasteiger partial charge in [0, 0.05) is 44.6 Å². The van der Waals surface area contributed by atoms with Crippen LogP contribution in [0.25, 0.3) is 0 Å². The molecule has 2 saturated heterocycles. The first-order chi connectivity index (χ1) is 18.4. The lowest BCUT2D eigenvalue weighted by Gasteiger charge is -2.27. The number of ketones is 2. The Kier molecular flexibility index (Phi) is 16.0. The predicted octanol–water partition coefficient (Wildman–Crippen LogP) is 2.14. The number of hydrogen-bond acceptors (Lipinski definition) is 8. The van der Waals surface area contributed by atoms with Gasteiger partial charge in [0.25, 0.3) is 5.91 Å². The Morgan fingerprint density at radius 1 is 0.895 bits per heavy atom. The number of nitrogens with zero attached hydrogens (tertiary/aromatic N) is 2. The topological polar surface area (TPSA) is 114 Å². The number of nitrogens with two attached hydrogens (primary N) is 1. The number of carbonyl (C=O) groups is 3. The average molecular weight is 533 g/mol. The molecule has 0 saturated carbocycles. The van der Waals surface area contributed by atoms with Crippen LogP contribution in [0.1, 0.15) is 56.3 Å². The standard InChI is InChI=1S/C20H30N2O3.C9H18N2O2/c1-3-16(2)19(21-20(24)17-8-5-4-6-9-17)18(23)10-7-11-22-12-14-25-15-13-22;10-8-9(12)2-1-3-11-4-6-13-7-5-11/h4-6,8-9,16,19H,3,7,10-15H2,1-2H3,(H,21,24);1-8,10H2. The summed E-state index contributed by atoms with van der Waals surface area (Å²) in [5.74, 6) is 0.246. The van der Waals surface area contributed by atoms with Gasteiger partial charge in [-0.25, -0.2) is 0 Å². The Morgan fingerprint density at radius 2 is 1.42 bits per heavy atom. The predicted molar refractivity (Wildman–Crippen MR) is 149 cm³/mol. The van der Waals surface area contributed by atoms with E-state index in [-0.39, 0.29) is 29.9 Å². The fourth-order valence-electron chi connectivity index (χ4n) is 4.47. The van der Waals surface area contributed by atoms with Crippen molar-refractivity contribution in [2.75, 3.05) is 72.2 Å². The number of Topliss-reactive ketones (excluding diaryl/α,β-unsaturated/α-hetero) is 2. The van der Waals surface area contributed by atoms with Crippen molar-refractivity contribution < 1.29 is 23.9 Å². The van der Waals surface area contributed by atoms with E-state index in [4.69, 9.17) is 15.2 Å². The average Bonchev–Trinajstić information content (AvgIpc) is 2.97. The number of carbonyl (C=O) groups excluding carboxylic acids is 3. The van der Waals surface area contributed by atoms with Gasteiger partial charge in [0.05, 0.1) is 39.0 Å². The van der Waals surface area contributed by atoms with Crippen LogP contribution in [-0.4, -0.2) is 106 Å². The Balaban J connectivity index is 0.000000328. The number of nitrogens with one attached hydrogen (secondary N) is 1. The SMILES string of the molecule is CCC(C)C(NC(=O)c1ccccc1)C(=O)CCCN1CCOCC1.NCC(=O)CCCN1CCOCC1. The Morgan fingerprint density at radius 3 is 1.92 bits per heavy atom. The molecule has 0 aromatic heterocycles. The molecule has 1 aromatic rings. The van der Waals surface area contributed by atoms with Crippen molar-refractivity contribution in [1.29, 1.82) is 0 Å². The maximum atomic E-state index is 12.7. The molecule has 2 fully saturated rings. The van der Waals surface area contributed by atoms with Crippen LogP contribution in [0.5, 0.6) is 0 Å². The monoisotopic (exact) mass is 532 g/mol. The van der Waals surface area contributed by atoms with Gasteiger partial charge in [-0.05, 0) is 44.0 Å². The van der Waals surface area contributed by atoms with E-state index in [1.807, 2.05) is 32.0 Å². The summed E-state index contributed by atoms with van der Waals surface area (Å²) in [6.45, 7) is 13.2. The first-order valence-electron chi connectivity index (χ1n) is 14.1. The van der Waals surface area contributed by atoms with Gasteiger partial charge in [-0.15, -0.1) is 0 Å². The highest BCUT2D eigenvalue weighted by Gasteiger charge is 2.26. The first-order valence-corrected chi connectivity index (χ1v) is 14.1. The molecule has 0 spiro atoms. The number of benzene rings is 1. The molecule has 1 aromatic carbocycles. The molecule has 2 aliphatic rings.